The summed E-state index contributed by atoms with van der Waals surface area (Å²) >= 11 is 0. The highest BCUT2D eigenvalue weighted by Gasteiger charge is 2.16. The highest BCUT2D eigenvalue weighted by molar-refractivity contribution is 5.95. The Kier molecular flexibility index (Phi) is 3.65. The van der Waals surface area contributed by atoms with Gasteiger partial charge in [-0.2, -0.15) is 5.10 Å². The minimum Gasteiger partial charge on any atom is -0.481 e. The van der Waals surface area contributed by atoms with E-state index in [4.69, 9.17) is 5.11 Å². The van der Waals surface area contributed by atoms with Crippen molar-refractivity contribution in [2.75, 3.05) is 0 Å². The van der Waals surface area contributed by atoms with Gasteiger partial charge in [0.2, 0.25) is 0 Å². The molecule has 1 aromatic rings. The first kappa shape index (κ1) is 12.2. The van der Waals surface area contributed by atoms with E-state index in [2.05, 4.69) is 10.4 Å². The number of aryl methyl sites for hydroxylation is 1. The van der Waals surface area contributed by atoms with Crippen LogP contribution < -0.4 is 5.32 Å². The number of aliphatic carboxylic acids is 1. The number of carbonyl (C=O) groups excluding carboxylic acids is 1. The molecule has 0 aliphatic heterocycles. The molecule has 88 valence electrons. The average molecular weight is 225 g/mol. The molecule has 6 nitrogen and oxygen atoms in total. The molecule has 0 fully saturated rings. The van der Waals surface area contributed by atoms with Gasteiger partial charge in [-0.3, -0.25) is 14.3 Å². The summed E-state index contributed by atoms with van der Waals surface area (Å²) < 4.78 is 1.59. The number of hydrogen-bond acceptors (Lipinski definition) is 3. The second kappa shape index (κ2) is 4.78. The largest absolute Gasteiger partial charge is 0.481 e. The molecule has 0 spiro atoms. The van der Waals surface area contributed by atoms with E-state index in [9.17, 15) is 9.59 Å². The van der Waals surface area contributed by atoms with Crippen LogP contribution in [0.25, 0.3) is 0 Å². The Labute approximate surface area is 93.3 Å². The number of nitrogens with zero attached hydrogens (tertiary/aromatic N) is 2. The maximum absolute atomic E-state index is 11.7. The van der Waals surface area contributed by atoms with Gasteiger partial charge in [-0.25, -0.2) is 0 Å². The van der Waals surface area contributed by atoms with E-state index < -0.39 is 12.0 Å². The Morgan fingerprint density at radius 2 is 2.25 bits per heavy atom. The van der Waals surface area contributed by atoms with Crippen LogP contribution >= 0.6 is 0 Å². The number of aromatic nitrogens is 2. The number of carboxylic acid groups (broad SMARTS) is 1. The quantitative estimate of drug-likeness (QED) is 0.773. The molecule has 1 aromatic heterocycles. The van der Waals surface area contributed by atoms with Gasteiger partial charge in [0, 0.05) is 18.8 Å². The predicted molar refractivity (Wildman–Crippen MR) is 57.1 cm³/mol. The standard InChI is InChI=1S/C10H15N3O3/c1-6(4-9(14)15)12-10(16)8-5-11-13(3)7(8)2/h5-6H,4H2,1-3H3,(H,12,16)(H,14,15). The lowest BCUT2D eigenvalue weighted by atomic mass is 10.2. The third-order valence-electron chi connectivity index (χ3n) is 2.34. The molecule has 0 aromatic carbocycles. The number of carbonyl (C=O) groups is 2. The Morgan fingerprint density at radius 3 is 2.69 bits per heavy atom. The smallest absolute Gasteiger partial charge is 0.305 e. The fraction of sp³-hybridized carbons (Fsp3) is 0.500. The van der Waals surface area contributed by atoms with E-state index >= 15 is 0 Å². The van der Waals surface area contributed by atoms with E-state index in [-0.39, 0.29) is 12.3 Å². The molecule has 0 radical (unpaired) electrons. The summed E-state index contributed by atoms with van der Waals surface area (Å²) in [4.78, 5) is 22.1. The van der Waals surface area contributed by atoms with Crippen LogP contribution in [0.4, 0.5) is 0 Å². The molecule has 0 aliphatic rings. The minimum absolute atomic E-state index is 0.0922. The van der Waals surface area contributed by atoms with Gasteiger partial charge in [-0.15, -0.1) is 0 Å². The van der Waals surface area contributed by atoms with Crippen LogP contribution in [0.2, 0.25) is 0 Å². The molecule has 1 rings (SSSR count). The lowest BCUT2D eigenvalue weighted by Gasteiger charge is -2.10. The summed E-state index contributed by atoms with van der Waals surface area (Å²) in [7, 11) is 1.74. The van der Waals surface area contributed by atoms with E-state index in [0.29, 0.717) is 5.56 Å². The molecule has 0 saturated carbocycles. The molecule has 0 saturated heterocycles. The second-order valence-electron chi connectivity index (χ2n) is 3.74. The van der Waals surface area contributed by atoms with Gasteiger partial charge in [-0.05, 0) is 13.8 Å². The molecule has 1 unspecified atom stereocenters. The molecule has 1 amide bonds. The highest BCUT2D eigenvalue weighted by Crippen LogP contribution is 2.05. The topological polar surface area (TPSA) is 84.2 Å². The fourth-order valence-electron chi connectivity index (χ4n) is 1.34. The molecule has 2 N–H and O–H groups in total. The zero-order valence-corrected chi connectivity index (χ0v) is 9.52. The zero-order chi connectivity index (χ0) is 12.3. The van der Waals surface area contributed by atoms with Crippen LogP contribution in [0.5, 0.6) is 0 Å². The van der Waals surface area contributed by atoms with E-state index in [0.717, 1.165) is 5.69 Å². The van der Waals surface area contributed by atoms with Crippen molar-refractivity contribution in [3.63, 3.8) is 0 Å². The van der Waals surface area contributed by atoms with Gasteiger partial charge < -0.3 is 10.4 Å². The molecule has 6 heteroatoms. The number of carboxylic acids is 1. The van der Waals surface area contributed by atoms with Crippen molar-refractivity contribution >= 4 is 11.9 Å². The van der Waals surface area contributed by atoms with E-state index in [1.165, 1.54) is 6.20 Å². The monoisotopic (exact) mass is 225 g/mol. The first-order valence-electron chi connectivity index (χ1n) is 4.93. The summed E-state index contributed by atoms with van der Waals surface area (Å²) in [5.41, 5.74) is 1.22. The van der Waals surface area contributed by atoms with Crippen molar-refractivity contribution in [2.24, 2.45) is 7.05 Å². The number of rotatable bonds is 4. The lowest BCUT2D eigenvalue weighted by Crippen LogP contribution is -2.34. The lowest BCUT2D eigenvalue weighted by molar-refractivity contribution is -0.137. The minimum atomic E-state index is -0.935. The van der Waals surface area contributed by atoms with Gasteiger partial charge in [0.1, 0.15) is 0 Å². The number of nitrogens with one attached hydrogen (secondary N) is 1. The SMILES string of the molecule is Cc1c(C(=O)NC(C)CC(=O)O)cnn1C. The van der Waals surface area contributed by atoms with E-state index in [1.807, 2.05) is 0 Å². The summed E-state index contributed by atoms with van der Waals surface area (Å²) in [5, 5.41) is 15.1. The molecule has 1 atom stereocenters. The third kappa shape index (κ3) is 2.82. The maximum Gasteiger partial charge on any atom is 0.305 e. The molecule has 1 heterocycles. The van der Waals surface area contributed by atoms with Gasteiger partial charge >= 0.3 is 5.97 Å². The number of amides is 1. The first-order chi connectivity index (χ1) is 7.41. The molecular weight excluding hydrogens is 210 g/mol. The summed E-state index contributed by atoms with van der Waals surface area (Å²) in [6.45, 7) is 3.43. The normalized spacial score (nSPS) is 12.2. The fourth-order valence-corrected chi connectivity index (χ4v) is 1.34. The van der Waals surface area contributed by atoms with Crippen LogP contribution in [0.3, 0.4) is 0 Å². The van der Waals surface area contributed by atoms with Crippen molar-refractivity contribution < 1.29 is 14.7 Å². The van der Waals surface area contributed by atoms with Crippen LogP contribution in [0.1, 0.15) is 29.4 Å². The van der Waals surface area contributed by atoms with Crippen LogP contribution in [0.15, 0.2) is 6.20 Å². The Hall–Kier alpha value is -1.85. The Bertz CT molecular complexity index is 411. The summed E-state index contributed by atoms with van der Waals surface area (Å²) in [6, 6.07) is -0.399. The van der Waals surface area contributed by atoms with Crippen molar-refractivity contribution in [3.05, 3.63) is 17.5 Å². The van der Waals surface area contributed by atoms with E-state index in [1.54, 1.807) is 25.6 Å². The van der Waals surface area contributed by atoms with Crippen LogP contribution in [-0.2, 0) is 11.8 Å². The molecule has 0 bridgehead atoms. The van der Waals surface area contributed by atoms with Crippen LogP contribution in [0, 0.1) is 6.92 Å². The third-order valence-corrected chi connectivity index (χ3v) is 2.34. The molecule has 0 aliphatic carbocycles. The predicted octanol–water partition coefficient (Wildman–Crippen LogP) is 0.322. The van der Waals surface area contributed by atoms with Gasteiger partial charge in [0.15, 0.2) is 0 Å². The average Bonchev–Trinajstić information content (AvgIpc) is 2.45. The summed E-state index contributed by atoms with van der Waals surface area (Å²) in [5.74, 6) is -1.23. The van der Waals surface area contributed by atoms with Gasteiger partial charge in [-0.1, -0.05) is 0 Å². The zero-order valence-electron chi connectivity index (χ0n) is 9.52. The molecule has 16 heavy (non-hydrogen) atoms. The van der Waals surface area contributed by atoms with Crippen molar-refractivity contribution in [2.45, 2.75) is 26.3 Å². The molecular formula is C10H15N3O3. The van der Waals surface area contributed by atoms with Gasteiger partial charge in [0.05, 0.1) is 18.2 Å². The van der Waals surface area contributed by atoms with Crippen molar-refractivity contribution in [1.82, 2.24) is 15.1 Å². The highest BCUT2D eigenvalue weighted by atomic mass is 16.4. The van der Waals surface area contributed by atoms with Crippen LogP contribution in [-0.4, -0.2) is 32.8 Å². The Morgan fingerprint density at radius 1 is 1.62 bits per heavy atom. The number of hydrogen-bond donors (Lipinski definition) is 2. The second-order valence-corrected chi connectivity index (χ2v) is 3.74. The van der Waals surface area contributed by atoms with Crippen molar-refractivity contribution in [3.8, 4) is 0 Å². The Balaban J connectivity index is 2.66. The maximum atomic E-state index is 11.7. The van der Waals surface area contributed by atoms with Gasteiger partial charge in [0.25, 0.3) is 5.91 Å². The first-order valence-corrected chi connectivity index (χ1v) is 4.93. The van der Waals surface area contributed by atoms with Crippen molar-refractivity contribution in [1.29, 1.82) is 0 Å². The summed E-state index contributed by atoms with van der Waals surface area (Å²) in [6.07, 6.45) is 1.38.